The fourth-order valence-corrected chi connectivity index (χ4v) is 9.13. The summed E-state index contributed by atoms with van der Waals surface area (Å²) in [5.41, 5.74) is 1.77. The second kappa shape index (κ2) is 10.2. The molecule has 2 aliphatic heterocycles. The molecule has 13 heteroatoms. The number of imide groups is 2. The van der Waals surface area contributed by atoms with Crippen LogP contribution in [-0.4, -0.2) is 63.3 Å². The molecule has 4 aliphatic rings. The van der Waals surface area contributed by atoms with Crippen LogP contribution in [0.3, 0.4) is 0 Å². The van der Waals surface area contributed by atoms with E-state index < -0.39 is 57.0 Å². The van der Waals surface area contributed by atoms with Gasteiger partial charge in [-0.15, -0.1) is 23.2 Å². The summed E-state index contributed by atoms with van der Waals surface area (Å²) in [6, 6.07) is 7.75. The number of nitrogens with zero attached hydrogens (tertiary/aromatic N) is 2. The smallest absolute Gasteiger partial charge is 0.253 e. The normalized spacial score (nSPS) is 31.6. The highest BCUT2D eigenvalue weighted by Gasteiger charge is 2.76. The van der Waals surface area contributed by atoms with E-state index in [9.17, 15) is 29.1 Å². The number of rotatable bonds is 4. The van der Waals surface area contributed by atoms with Crippen molar-refractivity contribution in [1.82, 2.24) is 4.90 Å². The summed E-state index contributed by atoms with van der Waals surface area (Å²) in [6.07, 6.45) is 1.86. The number of Topliss-reactive ketones (excluding diaryl/α,β-unsaturated/α-hetero) is 1. The van der Waals surface area contributed by atoms with Gasteiger partial charge in [-0.2, -0.15) is 0 Å². The maximum Gasteiger partial charge on any atom is 0.253 e. The van der Waals surface area contributed by atoms with Crippen molar-refractivity contribution in [3.63, 3.8) is 0 Å². The second-order valence-electron chi connectivity index (χ2n) is 11.3. The van der Waals surface area contributed by atoms with Gasteiger partial charge in [0, 0.05) is 23.0 Å². The third-order valence-electron chi connectivity index (χ3n) is 9.25. The van der Waals surface area contributed by atoms with Crippen LogP contribution in [0.25, 0.3) is 0 Å². The van der Waals surface area contributed by atoms with Gasteiger partial charge in [-0.1, -0.05) is 11.6 Å². The number of likely N-dealkylation sites (tertiary alicyclic amines) is 1. The monoisotopic (exact) mass is 752 g/mol. The summed E-state index contributed by atoms with van der Waals surface area (Å²) >= 11 is 21.3. The van der Waals surface area contributed by atoms with Gasteiger partial charge < -0.3 is 9.84 Å². The number of allylic oxidation sites excluding steroid dienone is 2. The van der Waals surface area contributed by atoms with Gasteiger partial charge in [0.2, 0.25) is 11.8 Å². The first-order valence-electron chi connectivity index (χ1n) is 13.3. The number of halogens is 4. The number of phenolic OH excluding ortho intramolecular Hbond substituents is 1. The van der Waals surface area contributed by atoms with Gasteiger partial charge in [-0.05, 0) is 93.4 Å². The lowest BCUT2D eigenvalue weighted by atomic mass is 9.56. The Hall–Kier alpha value is -2.73. The van der Waals surface area contributed by atoms with Crippen molar-refractivity contribution in [2.75, 3.05) is 19.1 Å². The molecule has 0 bridgehead atoms. The van der Waals surface area contributed by atoms with Crippen LogP contribution in [0.4, 0.5) is 5.69 Å². The molecule has 224 valence electrons. The van der Waals surface area contributed by atoms with Crippen molar-refractivity contribution in [1.29, 1.82) is 0 Å². The number of benzene rings is 2. The molecule has 6 rings (SSSR count). The number of methoxy groups -OCH3 is 1. The van der Waals surface area contributed by atoms with Crippen molar-refractivity contribution in [3.8, 4) is 11.5 Å². The van der Waals surface area contributed by atoms with E-state index >= 15 is 0 Å². The second-order valence-corrected chi connectivity index (χ2v) is 14.1. The lowest BCUT2D eigenvalue weighted by Gasteiger charge is -2.51. The largest absolute Gasteiger partial charge is 0.503 e. The van der Waals surface area contributed by atoms with Gasteiger partial charge in [-0.3, -0.25) is 33.8 Å². The molecular weight excluding hydrogens is 731 g/mol. The SMILES string of the molecule is COc1cc([C@H]2C3=CC[C@@H]4C(=O)N(c5ccc(C(C)=O)cc5)C(=O)[C@@H]4[C@@H]3C[C@@]3(Cl)C(=O)N(C)C(=O)[C@@]23Cl)c(Br)c(Br)c1O. The Balaban J connectivity index is 1.53. The Morgan fingerprint density at radius 3 is 2.28 bits per heavy atom. The van der Waals surface area contributed by atoms with E-state index in [-0.39, 0.29) is 34.6 Å². The molecule has 1 N–H and O–H groups in total. The molecule has 2 aromatic rings. The molecule has 4 amide bonds. The number of ketones is 1. The summed E-state index contributed by atoms with van der Waals surface area (Å²) in [5, 5.41) is 10.6. The Bertz CT molecular complexity index is 1700. The van der Waals surface area contributed by atoms with Gasteiger partial charge in [0.15, 0.2) is 27.0 Å². The average molecular weight is 755 g/mol. The molecule has 6 atom stereocenters. The zero-order chi connectivity index (χ0) is 31.3. The van der Waals surface area contributed by atoms with Crippen LogP contribution in [0.2, 0.25) is 0 Å². The highest BCUT2D eigenvalue weighted by atomic mass is 79.9. The highest BCUT2D eigenvalue weighted by molar-refractivity contribution is 9.13. The number of hydrogen-bond acceptors (Lipinski definition) is 7. The van der Waals surface area contributed by atoms with Crippen molar-refractivity contribution >= 4 is 90.2 Å². The minimum Gasteiger partial charge on any atom is -0.503 e. The predicted molar refractivity (Wildman–Crippen MR) is 164 cm³/mol. The van der Waals surface area contributed by atoms with Crippen LogP contribution >= 0.6 is 55.1 Å². The molecule has 0 aromatic heterocycles. The van der Waals surface area contributed by atoms with E-state index in [4.69, 9.17) is 27.9 Å². The van der Waals surface area contributed by atoms with E-state index in [1.165, 1.54) is 27.1 Å². The van der Waals surface area contributed by atoms with Crippen molar-refractivity contribution in [2.45, 2.75) is 35.4 Å². The van der Waals surface area contributed by atoms with E-state index in [1.807, 2.05) is 6.08 Å². The molecule has 1 saturated carbocycles. The van der Waals surface area contributed by atoms with Crippen LogP contribution in [0, 0.1) is 17.8 Å². The third-order valence-corrected chi connectivity index (χ3v) is 12.8. The van der Waals surface area contributed by atoms with E-state index in [1.54, 1.807) is 24.3 Å². The fourth-order valence-electron chi connectivity index (χ4n) is 7.17. The number of aromatic hydroxyl groups is 1. The standard InChI is InChI=1S/C30H24Br2Cl2N2O7/c1-12(37)13-4-6-14(7-5-13)36-25(39)16-9-8-15-18(20(16)26(36)40)11-29(33)27(41)35(2)28(42)30(29,34)21(15)17-10-19(43-3)24(38)23(32)22(17)31/h4-8,10,16,18,20-21,38H,9,11H2,1-3H3/t16-,18+,20-,21+,29+,30-/m0/s1. The molecule has 2 aliphatic carbocycles. The molecule has 2 aromatic carbocycles. The fraction of sp³-hybridized carbons (Fsp3) is 0.367. The van der Waals surface area contributed by atoms with E-state index in [0.717, 1.165) is 9.80 Å². The van der Waals surface area contributed by atoms with Gasteiger partial charge in [0.05, 0.1) is 29.1 Å². The lowest BCUT2D eigenvalue weighted by Crippen LogP contribution is -2.60. The number of fused-ring (bicyclic) bond motifs is 4. The number of ether oxygens (including phenoxy) is 1. The maximum absolute atomic E-state index is 14.1. The number of amides is 4. The van der Waals surface area contributed by atoms with Crippen LogP contribution in [0.15, 0.2) is 50.9 Å². The number of carbonyl (C=O) groups is 5. The predicted octanol–water partition coefficient (Wildman–Crippen LogP) is 5.32. The summed E-state index contributed by atoms with van der Waals surface area (Å²) < 4.78 is 5.98. The summed E-state index contributed by atoms with van der Waals surface area (Å²) in [5.74, 6) is -5.90. The van der Waals surface area contributed by atoms with Crippen molar-refractivity contribution < 1.29 is 33.8 Å². The maximum atomic E-state index is 14.1. The summed E-state index contributed by atoms with van der Waals surface area (Å²) in [4.78, 5) is 65.2. The Labute approximate surface area is 273 Å². The Morgan fingerprint density at radius 2 is 1.67 bits per heavy atom. The van der Waals surface area contributed by atoms with Crippen LogP contribution in [0.1, 0.15) is 41.6 Å². The van der Waals surface area contributed by atoms with Gasteiger partial charge in [0.25, 0.3) is 11.8 Å². The molecule has 0 radical (unpaired) electrons. The molecular formula is C30H24Br2Cl2N2O7. The van der Waals surface area contributed by atoms with E-state index in [0.29, 0.717) is 26.9 Å². The average Bonchev–Trinajstić information content (AvgIpc) is 3.31. The zero-order valence-corrected chi connectivity index (χ0v) is 27.7. The first-order chi connectivity index (χ1) is 20.2. The topological polar surface area (TPSA) is 121 Å². The van der Waals surface area contributed by atoms with Crippen LogP contribution in [0.5, 0.6) is 11.5 Å². The first-order valence-corrected chi connectivity index (χ1v) is 15.7. The third kappa shape index (κ3) is 3.90. The van der Waals surface area contributed by atoms with Gasteiger partial charge in [-0.25, -0.2) is 0 Å². The quantitative estimate of drug-likeness (QED) is 0.194. The van der Waals surface area contributed by atoms with Crippen molar-refractivity contribution in [2.24, 2.45) is 17.8 Å². The Kier molecular flexibility index (Phi) is 7.15. The number of alkyl halides is 2. The molecule has 2 heterocycles. The van der Waals surface area contributed by atoms with Gasteiger partial charge >= 0.3 is 0 Å². The zero-order valence-electron chi connectivity index (χ0n) is 23.0. The van der Waals surface area contributed by atoms with Gasteiger partial charge in [0.1, 0.15) is 0 Å². The van der Waals surface area contributed by atoms with Crippen molar-refractivity contribution in [3.05, 3.63) is 62.1 Å². The van der Waals surface area contributed by atoms with Crippen LogP contribution in [-0.2, 0) is 19.2 Å². The number of anilines is 1. The minimum atomic E-state index is -1.99. The highest BCUT2D eigenvalue weighted by Crippen LogP contribution is 2.66. The first kappa shape index (κ1) is 30.3. The molecule has 3 fully saturated rings. The number of carbonyl (C=O) groups excluding carboxylic acids is 5. The molecule has 2 saturated heterocycles. The van der Waals surface area contributed by atoms with E-state index in [2.05, 4.69) is 31.9 Å². The lowest BCUT2D eigenvalue weighted by molar-refractivity contribution is -0.138. The number of phenols is 1. The minimum absolute atomic E-state index is 0.0827. The number of hydrogen-bond donors (Lipinski definition) is 1. The molecule has 9 nitrogen and oxygen atoms in total. The molecule has 0 spiro atoms. The molecule has 43 heavy (non-hydrogen) atoms. The Morgan fingerprint density at radius 1 is 1.02 bits per heavy atom. The molecule has 0 unspecified atom stereocenters. The van der Waals surface area contributed by atoms with Crippen LogP contribution < -0.4 is 9.64 Å². The summed E-state index contributed by atoms with van der Waals surface area (Å²) in [6.45, 7) is 1.42. The summed E-state index contributed by atoms with van der Waals surface area (Å²) in [7, 11) is 2.68.